The van der Waals surface area contributed by atoms with Crippen LogP contribution in [0.15, 0.2) is 24.7 Å². The van der Waals surface area contributed by atoms with Gasteiger partial charge in [0.1, 0.15) is 0 Å². The molecule has 0 aliphatic carbocycles. The van der Waals surface area contributed by atoms with Crippen molar-refractivity contribution in [3.05, 3.63) is 36.0 Å². The van der Waals surface area contributed by atoms with Crippen molar-refractivity contribution < 1.29 is 9.90 Å². The third-order valence-electron chi connectivity index (χ3n) is 1.87. The smallest absolute Gasteiger partial charge is 0.356 e. The lowest BCUT2D eigenvalue weighted by Crippen LogP contribution is -2.04. The topological polar surface area (TPSA) is 80.9 Å². The number of carboxylic acid groups (broad SMARTS) is 1. The summed E-state index contributed by atoms with van der Waals surface area (Å²) in [5.74, 6) is -0.553. The van der Waals surface area contributed by atoms with Crippen molar-refractivity contribution in [3.8, 4) is 5.82 Å². The second-order valence-corrected chi connectivity index (χ2v) is 2.95. The van der Waals surface area contributed by atoms with Crippen molar-refractivity contribution in [3.63, 3.8) is 0 Å². The Morgan fingerprint density at radius 2 is 2.27 bits per heavy atom. The summed E-state index contributed by atoms with van der Waals surface area (Å²) >= 11 is 0. The average molecular weight is 204 g/mol. The summed E-state index contributed by atoms with van der Waals surface area (Å²) in [6.07, 6.45) is 4.59. The van der Waals surface area contributed by atoms with Crippen molar-refractivity contribution in [2.75, 3.05) is 0 Å². The lowest BCUT2D eigenvalue weighted by atomic mass is 10.4. The van der Waals surface area contributed by atoms with Gasteiger partial charge >= 0.3 is 5.97 Å². The van der Waals surface area contributed by atoms with Gasteiger partial charge in [0.05, 0.1) is 6.20 Å². The first-order valence-electron chi connectivity index (χ1n) is 4.25. The van der Waals surface area contributed by atoms with Gasteiger partial charge in [0.25, 0.3) is 0 Å². The van der Waals surface area contributed by atoms with Gasteiger partial charge in [-0.1, -0.05) is 0 Å². The van der Waals surface area contributed by atoms with Gasteiger partial charge in [0.15, 0.2) is 11.5 Å². The van der Waals surface area contributed by atoms with Crippen LogP contribution in [0.1, 0.15) is 16.2 Å². The molecule has 0 fully saturated rings. The number of aromatic carboxylic acids is 1. The van der Waals surface area contributed by atoms with E-state index in [4.69, 9.17) is 5.11 Å². The van der Waals surface area contributed by atoms with E-state index in [0.29, 0.717) is 11.5 Å². The minimum Gasteiger partial charge on any atom is -0.476 e. The monoisotopic (exact) mass is 204 g/mol. The maximum atomic E-state index is 10.7. The zero-order chi connectivity index (χ0) is 10.8. The molecule has 1 N–H and O–H groups in total. The molecular weight excluding hydrogens is 196 g/mol. The predicted molar refractivity (Wildman–Crippen MR) is 50.9 cm³/mol. The molecule has 6 heteroatoms. The number of nitrogens with zero attached hydrogens (tertiary/aromatic N) is 4. The van der Waals surface area contributed by atoms with Crippen LogP contribution >= 0.6 is 0 Å². The fourth-order valence-electron chi connectivity index (χ4n) is 1.21. The van der Waals surface area contributed by atoms with Crippen LogP contribution in [-0.2, 0) is 0 Å². The van der Waals surface area contributed by atoms with E-state index in [-0.39, 0.29) is 5.69 Å². The number of hydrogen-bond acceptors (Lipinski definition) is 4. The van der Waals surface area contributed by atoms with Crippen LogP contribution in [0.25, 0.3) is 5.82 Å². The highest BCUT2D eigenvalue weighted by Gasteiger charge is 2.11. The Morgan fingerprint density at radius 1 is 1.47 bits per heavy atom. The first-order valence-corrected chi connectivity index (χ1v) is 4.25. The molecule has 0 aliphatic rings. The molecule has 0 radical (unpaired) electrons. The quantitative estimate of drug-likeness (QED) is 0.777. The largest absolute Gasteiger partial charge is 0.476 e. The lowest BCUT2D eigenvalue weighted by Gasteiger charge is -2.00. The van der Waals surface area contributed by atoms with Crippen molar-refractivity contribution in [1.82, 2.24) is 19.7 Å². The third kappa shape index (κ3) is 1.69. The maximum Gasteiger partial charge on any atom is 0.356 e. The van der Waals surface area contributed by atoms with Crippen LogP contribution < -0.4 is 0 Å². The number of aromatic nitrogens is 4. The van der Waals surface area contributed by atoms with E-state index >= 15 is 0 Å². The third-order valence-corrected chi connectivity index (χ3v) is 1.87. The van der Waals surface area contributed by atoms with Crippen LogP contribution in [0.4, 0.5) is 0 Å². The standard InChI is InChI=1S/C9H8N4O2/c1-6-4-7(9(14)15)12-13(6)8-5-10-2-3-11-8/h2-5H,1H3,(H,14,15). The Bertz CT molecular complexity index is 492. The molecule has 0 spiro atoms. The van der Waals surface area contributed by atoms with Crippen molar-refractivity contribution in [2.24, 2.45) is 0 Å². The highest BCUT2D eigenvalue weighted by atomic mass is 16.4. The van der Waals surface area contributed by atoms with Gasteiger partial charge in [-0.2, -0.15) is 5.10 Å². The highest BCUT2D eigenvalue weighted by Crippen LogP contribution is 2.08. The van der Waals surface area contributed by atoms with E-state index in [1.165, 1.54) is 23.1 Å². The van der Waals surface area contributed by atoms with Crippen LogP contribution in [-0.4, -0.2) is 30.8 Å². The van der Waals surface area contributed by atoms with E-state index in [0.717, 1.165) is 0 Å². The summed E-state index contributed by atoms with van der Waals surface area (Å²) < 4.78 is 1.44. The second-order valence-electron chi connectivity index (χ2n) is 2.95. The molecule has 0 saturated heterocycles. The molecular formula is C9H8N4O2. The van der Waals surface area contributed by atoms with Crippen LogP contribution in [0.5, 0.6) is 0 Å². The normalized spacial score (nSPS) is 10.2. The molecule has 0 amide bonds. The number of hydrogen-bond donors (Lipinski definition) is 1. The predicted octanol–water partition coefficient (Wildman–Crippen LogP) is 0.669. The summed E-state index contributed by atoms with van der Waals surface area (Å²) in [7, 11) is 0. The summed E-state index contributed by atoms with van der Waals surface area (Å²) in [6, 6.07) is 1.48. The number of rotatable bonds is 2. The first-order chi connectivity index (χ1) is 7.18. The zero-order valence-corrected chi connectivity index (χ0v) is 7.95. The van der Waals surface area contributed by atoms with E-state index in [1.807, 2.05) is 0 Å². The molecule has 15 heavy (non-hydrogen) atoms. The SMILES string of the molecule is Cc1cc(C(=O)O)nn1-c1cnccn1. The van der Waals surface area contributed by atoms with Gasteiger partial charge in [0.2, 0.25) is 0 Å². The van der Waals surface area contributed by atoms with Crippen molar-refractivity contribution >= 4 is 5.97 Å². The Morgan fingerprint density at radius 3 is 2.80 bits per heavy atom. The molecule has 0 saturated carbocycles. The molecule has 0 bridgehead atoms. The Labute approximate surface area is 85.2 Å². The number of aryl methyl sites for hydroxylation is 1. The van der Waals surface area contributed by atoms with E-state index in [1.54, 1.807) is 13.1 Å². The van der Waals surface area contributed by atoms with Gasteiger partial charge in [-0.3, -0.25) is 4.98 Å². The maximum absolute atomic E-state index is 10.7. The van der Waals surface area contributed by atoms with Gasteiger partial charge in [-0.25, -0.2) is 14.5 Å². The van der Waals surface area contributed by atoms with Crippen LogP contribution in [0.2, 0.25) is 0 Å². The molecule has 0 atom stereocenters. The molecule has 2 aromatic rings. The molecule has 2 rings (SSSR count). The molecule has 6 nitrogen and oxygen atoms in total. The zero-order valence-electron chi connectivity index (χ0n) is 7.95. The molecule has 0 aromatic carbocycles. The minimum absolute atomic E-state index is 0.00171. The summed E-state index contributed by atoms with van der Waals surface area (Å²) in [4.78, 5) is 18.6. The summed E-state index contributed by atoms with van der Waals surface area (Å²) in [5.41, 5.74) is 0.700. The summed E-state index contributed by atoms with van der Waals surface area (Å²) in [5, 5.41) is 12.7. The van der Waals surface area contributed by atoms with Crippen LogP contribution in [0, 0.1) is 6.92 Å². The molecule has 76 valence electrons. The highest BCUT2D eigenvalue weighted by molar-refractivity contribution is 5.85. The van der Waals surface area contributed by atoms with Crippen molar-refractivity contribution in [2.45, 2.75) is 6.92 Å². The number of carbonyl (C=O) groups is 1. The van der Waals surface area contributed by atoms with E-state index < -0.39 is 5.97 Å². The fraction of sp³-hybridized carbons (Fsp3) is 0.111. The Balaban J connectivity index is 2.50. The molecule has 2 heterocycles. The van der Waals surface area contributed by atoms with Gasteiger partial charge < -0.3 is 5.11 Å². The number of carboxylic acids is 1. The van der Waals surface area contributed by atoms with Gasteiger partial charge in [-0.05, 0) is 13.0 Å². The molecule has 0 aliphatic heterocycles. The Kier molecular flexibility index (Phi) is 2.17. The second kappa shape index (κ2) is 3.49. The Hall–Kier alpha value is -2.24. The average Bonchev–Trinajstić information content (AvgIpc) is 2.62. The molecule has 2 aromatic heterocycles. The molecule has 0 unspecified atom stereocenters. The van der Waals surface area contributed by atoms with E-state index in [9.17, 15) is 4.79 Å². The first kappa shape index (κ1) is 9.32. The minimum atomic E-state index is -1.05. The van der Waals surface area contributed by atoms with E-state index in [2.05, 4.69) is 15.1 Å². The fourth-order valence-corrected chi connectivity index (χ4v) is 1.21. The van der Waals surface area contributed by atoms with Crippen molar-refractivity contribution in [1.29, 1.82) is 0 Å². The van der Waals surface area contributed by atoms with Gasteiger partial charge in [-0.15, -0.1) is 0 Å². The lowest BCUT2D eigenvalue weighted by molar-refractivity contribution is 0.0690. The summed E-state index contributed by atoms with van der Waals surface area (Å²) in [6.45, 7) is 1.76. The van der Waals surface area contributed by atoms with Crippen LogP contribution in [0.3, 0.4) is 0 Å². The van der Waals surface area contributed by atoms with Gasteiger partial charge in [0, 0.05) is 18.1 Å².